The van der Waals surface area contributed by atoms with Crippen LogP contribution >= 0.6 is 23.2 Å². The molecular weight excluding hydrogens is 245 g/mol. The van der Waals surface area contributed by atoms with Crippen LogP contribution in [0, 0.1) is 0 Å². The molecule has 0 saturated carbocycles. The third kappa shape index (κ3) is 3.11. The number of piperazine rings is 1. The first-order chi connectivity index (χ1) is 7.75. The maximum atomic E-state index is 5.91. The van der Waals surface area contributed by atoms with E-state index in [-0.39, 0.29) is 0 Å². The maximum absolute atomic E-state index is 5.91. The average Bonchev–Trinajstić information content (AvgIpc) is 2.32. The van der Waals surface area contributed by atoms with Gasteiger partial charge in [-0.05, 0) is 18.2 Å². The zero-order valence-corrected chi connectivity index (χ0v) is 10.3. The van der Waals surface area contributed by atoms with Crippen molar-refractivity contribution >= 4 is 35.2 Å². The molecule has 0 atom stereocenters. The van der Waals surface area contributed by atoms with E-state index in [0.717, 1.165) is 31.9 Å². The van der Waals surface area contributed by atoms with E-state index >= 15 is 0 Å². The van der Waals surface area contributed by atoms with Crippen molar-refractivity contribution < 1.29 is 0 Å². The van der Waals surface area contributed by atoms with Gasteiger partial charge >= 0.3 is 0 Å². The van der Waals surface area contributed by atoms with Crippen LogP contribution in [0.4, 0.5) is 5.69 Å². The number of rotatable bonds is 2. The van der Waals surface area contributed by atoms with E-state index in [1.54, 1.807) is 12.1 Å². The first-order valence-electron chi connectivity index (χ1n) is 5.20. The highest BCUT2D eigenvalue weighted by Gasteiger charge is 2.04. The summed E-state index contributed by atoms with van der Waals surface area (Å²) in [5.41, 5.74) is 0.827. The van der Waals surface area contributed by atoms with E-state index < -0.39 is 0 Å². The van der Waals surface area contributed by atoms with Gasteiger partial charge in [-0.2, -0.15) is 0 Å². The maximum Gasteiger partial charge on any atom is 0.0913 e. The number of hydrogen-bond acceptors (Lipinski definition) is 2. The average molecular weight is 258 g/mol. The van der Waals surface area contributed by atoms with Gasteiger partial charge < -0.3 is 10.2 Å². The van der Waals surface area contributed by atoms with E-state index in [2.05, 4.69) is 15.2 Å². The zero-order chi connectivity index (χ0) is 11.4. The molecule has 0 radical (unpaired) electrons. The Hall–Kier alpha value is -0.770. The number of benzene rings is 1. The monoisotopic (exact) mass is 257 g/mol. The van der Waals surface area contributed by atoms with Gasteiger partial charge in [-0.1, -0.05) is 23.2 Å². The Labute approximate surface area is 105 Å². The summed E-state index contributed by atoms with van der Waals surface area (Å²) in [6.45, 7) is 4.00. The number of halogens is 2. The SMILES string of the molecule is Clc1ccc(N=CN2CCNCC2)cc1Cl. The van der Waals surface area contributed by atoms with Crippen LogP contribution in [-0.2, 0) is 0 Å². The highest BCUT2D eigenvalue weighted by molar-refractivity contribution is 6.42. The quantitative estimate of drug-likeness (QED) is 0.652. The van der Waals surface area contributed by atoms with Gasteiger partial charge in [-0.25, -0.2) is 4.99 Å². The van der Waals surface area contributed by atoms with Crippen LogP contribution in [0.1, 0.15) is 0 Å². The Morgan fingerprint density at radius 3 is 2.62 bits per heavy atom. The summed E-state index contributed by atoms with van der Waals surface area (Å²) >= 11 is 11.7. The van der Waals surface area contributed by atoms with Crippen molar-refractivity contribution in [3.8, 4) is 0 Å². The summed E-state index contributed by atoms with van der Waals surface area (Å²) in [5.74, 6) is 0. The summed E-state index contributed by atoms with van der Waals surface area (Å²) in [4.78, 5) is 6.54. The lowest BCUT2D eigenvalue weighted by molar-refractivity contribution is 0.366. The molecule has 0 bridgehead atoms. The third-order valence-electron chi connectivity index (χ3n) is 2.42. The molecule has 1 aromatic rings. The van der Waals surface area contributed by atoms with Crippen molar-refractivity contribution in [3.63, 3.8) is 0 Å². The third-order valence-corrected chi connectivity index (χ3v) is 3.16. The molecule has 16 heavy (non-hydrogen) atoms. The molecule has 3 nitrogen and oxygen atoms in total. The van der Waals surface area contributed by atoms with E-state index in [1.165, 1.54) is 0 Å². The Kier molecular flexibility index (Phi) is 4.04. The first-order valence-corrected chi connectivity index (χ1v) is 5.95. The Bertz CT molecular complexity index is 387. The molecule has 1 fully saturated rings. The van der Waals surface area contributed by atoms with Gasteiger partial charge in [0.15, 0.2) is 0 Å². The van der Waals surface area contributed by atoms with Gasteiger partial charge in [0.25, 0.3) is 0 Å². The molecule has 0 spiro atoms. The lowest BCUT2D eigenvalue weighted by Gasteiger charge is -2.24. The highest BCUT2D eigenvalue weighted by Crippen LogP contribution is 2.26. The number of nitrogens with one attached hydrogen (secondary N) is 1. The molecule has 86 valence electrons. The molecule has 1 aliphatic rings. The van der Waals surface area contributed by atoms with Gasteiger partial charge in [-0.15, -0.1) is 0 Å². The van der Waals surface area contributed by atoms with Crippen molar-refractivity contribution in [2.45, 2.75) is 0 Å². The molecule has 5 heteroatoms. The number of nitrogens with zero attached hydrogens (tertiary/aromatic N) is 2. The number of hydrogen-bond donors (Lipinski definition) is 1. The second kappa shape index (κ2) is 5.53. The summed E-state index contributed by atoms with van der Waals surface area (Å²) < 4.78 is 0. The van der Waals surface area contributed by atoms with Gasteiger partial charge in [0, 0.05) is 26.2 Å². The molecule has 0 aromatic heterocycles. The van der Waals surface area contributed by atoms with Gasteiger partial charge in [0.1, 0.15) is 0 Å². The van der Waals surface area contributed by atoms with Gasteiger partial charge in [0.2, 0.25) is 0 Å². The van der Waals surface area contributed by atoms with Crippen LogP contribution in [0.3, 0.4) is 0 Å². The topological polar surface area (TPSA) is 27.6 Å². The van der Waals surface area contributed by atoms with Crippen molar-refractivity contribution in [1.29, 1.82) is 0 Å². The fraction of sp³-hybridized carbons (Fsp3) is 0.364. The molecular formula is C11H13Cl2N3. The first kappa shape index (κ1) is 11.7. The predicted octanol–water partition coefficient (Wildman–Crippen LogP) is 2.56. The van der Waals surface area contributed by atoms with Crippen molar-refractivity contribution in [1.82, 2.24) is 10.2 Å². The van der Waals surface area contributed by atoms with E-state index in [4.69, 9.17) is 23.2 Å². The predicted molar refractivity (Wildman–Crippen MR) is 69.1 cm³/mol. The fourth-order valence-corrected chi connectivity index (χ4v) is 1.80. The fourth-order valence-electron chi connectivity index (χ4n) is 1.51. The van der Waals surface area contributed by atoms with Crippen molar-refractivity contribution in [3.05, 3.63) is 28.2 Å². The Morgan fingerprint density at radius 2 is 1.94 bits per heavy atom. The summed E-state index contributed by atoms with van der Waals surface area (Å²) in [6, 6.07) is 5.38. The molecule has 0 aliphatic carbocycles. The van der Waals surface area contributed by atoms with Crippen molar-refractivity contribution in [2.24, 2.45) is 4.99 Å². The molecule has 1 aliphatic heterocycles. The lowest BCUT2D eigenvalue weighted by atomic mass is 10.3. The summed E-state index contributed by atoms with van der Waals surface area (Å²) in [7, 11) is 0. The molecule has 1 aromatic carbocycles. The van der Waals surface area contributed by atoms with Crippen LogP contribution in [0.25, 0.3) is 0 Å². The minimum atomic E-state index is 0.539. The molecule has 1 heterocycles. The molecule has 0 amide bonds. The van der Waals surface area contributed by atoms with E-state index in [0.29, 0.717) is 10.0 Å². The van der Waals surface area contributed by atoms with Crippen LogP contribution in [-0.4, -0.2) is 37.4 Å². The zero-order valence-electron chi connectivity index (χ0n) is 8.79. The molecule has 0 unspecified atom stereocenters. The minimum absolute atomic E-state index is 0.539. The summed E-state index contributed by atoms with van der Waals surface area (Å²) in [5, 5.41) is 4.38. The lowest BCUT2D eigenvalue weighted by Crippen LogP contribution is -2.42. The van der Waals surface area contributed by atoms with Crippen molar-refractivity contribution in [2.75, 3.05) is 26.2 Å². The minimum Gasteiger partial charge on any atom is -0.360 e. The van der Waals surface area contributed by atoms with Crippen LogP contribution in [0.15, 0.2) is 23.2 Å². The second-order valence-electron chi connectivity index (χ2n) is 3.63. The van der Waals surface area contributed by atoms with E-state index in [1.807, 2.05) is 12.4 Å². The normalized spacial score (nSPS) is 17.0. The Morgan fingerprint density at radius 1 is 1.19 bits per heavy atom. The van der Waals surface area contributed by atoms with Crippen LogP contribution in [0.5, 0.6) is 0 Å². The molecule has 1 saturated heterocycles. The van der Waals surface area contributed by atoms with Crippen LogP contribution in [0.2, 0.25) is 10.0 Å². The van der Waals surface area contributed by atoms with Gasteiger partial charge in [-0.3, -0.25) is 0 Å². The second-order valence-corrected chi connectivity index (χ2v) is 4.44. The van der Waals surface area contributed by atoms with Gasteiger partial charge in [0.05, 0.1) is 22.1 Å². The smallest absolute Gasteiger partial charge is 0.0913 e. The highest BCUT2D eigenvalue weighted by atomic mass is 35.5. The number of aliphatic imine (C=N–C) groups is 1. The molecule has 2 rings (SSSR count). The summed E-state index contributed by atoms with van der Waals surface area (Å²) in [6.07, 6.45) is 1.86. The molecule has 1 N–H and O–H groups in total. The standard InChI is InChI=1S/C11H13Cl2N3/c12-10-2-1-9(7-11(10)13)15-8-16-5-3-14-4-6-16/h1-2,7-8,14H,3-6H2. The largest absolute Gasteiger partial charge is 0.360 e. The Balaban J connectivity index is 2.02. The van der Waals surface area contributed by atoms with E-state index in [9.17, 15) is 0 Å². The van der Waals surface area contributed by atoms with Crippen LogP contribution < -0.4 is 5.32 Å².